The highest BCUT2D eigenvalue weighted by Crippen LogP contribution is 2.29. The Kier molecular flexibility index (Phi) is 6.34. The molecule has 0 unspecified atom stereocenters. The summed E-state index contributed by atoms with van der Waals surface area (Å²) in [6.07, 6.45) is 2.27. The molecule has 1 aromatic heterocycles. The van der Waals surface area contributed by atoms with Crippen molar-refractivity contribution in [3.05, 3.63) is 41.2 Å². The van der Waals surface area contributed by atoms with Crippen molar-refractivity contribution >= 4 is 5.91 Å². The van der Waals surface area contributed by atoms with Crippen LogP contribution in [-0.4, -0.2) is 42.1 Å². The molecule has 1 aliphatic heterocycles. The third kappa shape index (κ3) is 5.23. The fourth-order valence-corrected chi connectivity index (χ4v) is 3.13. The van der Waals surface area contributed by atoms with Gasteiger partial charge in [-0.1, -0.05) is 6.07 Å². The van der Waals surface area contributed by atoms with Gasteiger partial charge in [0.05, 0.1) is 18.9 Å². The van der Waals surface area contributed by atoms with Crippen molar-refractivity contribution in [1.82, 2.24) is 15.1 Å². The Hall–Kier alpha value is -2.54. The molecule has 0 bridgehead atoms. The molecule has 1 aliphatic rings. The molecule has 27 heavy (non-hydrogen) atoms. The van der Waals surface area contributed by atoms with Crippen LogP contribution in [0.15, 0.2) is 24.3 Å². The van der Waals surface area contributed by atoms with Crippen LogP contribution in [0.5, 0.6) is 11.5 Å². The number of nitrogens with zero attached hydrogens (tertiary/aromatic N) is 2. The van der Waals surface area contributed by atoms with E-state index < -0.39 is 0 Å². The van der Waals surface area contributed by atoms with Gasteiger partial charge in [0.25, 0.3) is 0 Å². The average molecular weight is 373 g/mol. The molecule has 2 heterocycles. The van der Waals surface area contributed by atoms with Gasteiger partial charge in [0.1, 0.15) is 13.2 Å². The van der Waals surface area contributed by atoms with Gasteiger partial charge < -0.3 is 19.5 Å². The van der Waals surface area contributed by atoms with Gasteiger partial charge >= 0.3 is 0 Å². The lowest BCUT2D eigenvalue weighted by molar-refractivity contribution is -0.122. The highest BCUT2D eigenvalue weighted by atomic mass is 16.5. The summed E-state index contributed by atoms with van der Waals surface area (Å²) < 4.78 is 18.5. The fraction of sp³-hybridized carbons (Fsp3) is 0.500. The van der Waals surface area contributed by atoms with Crippen LogP contribution >= 0.6 is 0 Å². The summed E-state index contributed by atoms with van der Waals surface area (Å²) in [5.41, 5.74) is 2.82. The van der Waals surface area contributed by atoms with Crippen molar-refractivity contribution in [3.8, 4) is 11.5 Å². The molecule has 1 fully saturated rings. The summed E-state index contributed by atoms with van der Waals surface area (Å²) in [7, 11) is 1.61. The molecule has 7 heteroatoms. The van der Waals surface area contributed by atoms with E-state index in [4.69, 9.17) is 14.2 Å². The zero-order valence-corrected chi connectivity index (χ0v) is 16.2. The summed E-state index contributed by atoms with van der Waals surface area (Å²) >= 11 is 0. The quantitative estimate of drug-likeness (QED) is 0.769. The first kappa shape index (κ1) is 19.2. The van der Waals surface area contributed by atoms with Crippen LogP contribution in [0.25, 0.3) is 0 Å². The van der Waals surface area contributed by atoms with Crippen molar-refractivity contribution in [1.29, 1.82) is 0 Å². The lowest BCUT2D eigenvalue weighted by Crippen LogP contribution is -2.28. The third-order valence-corrected chi connectivity index (χ3v) is 4.56. The molecule has 0 spiro atoms. The Morgan fingerprint density at radius 3 is 2.85 bits per heavy atom. The van der Waals surface area contributed by atoms with Crippen LogP contribution < -0.4 is 14.8 Å². The van der Waals surface area contributed by atoms with Crippen molar-refractivity contribution in [3.63, 3.8) is 0 Å². The Labute approximate surface area is 159 Å². The van der Waals surface area contributed by atoms with Crippen LogP contribution in [0.3, 0.4) is 0 Å². The van der Waals surface area contributed by atoms with Gasteiger partial charge in [-0.25, -0.2) is 0 Å². The first-order valence-corrected chi connectivity index (χ1v) is 9.24. The summed E-state index contributed by atoms with van der Waals surface area (Å²) in [5.74, 6) is 1.25. The highest BCUT2D eigenvalue weighted by molar-refractivity contribution is 5.75. The average Bonchev–Trinajstić information content (AvgIpc) is 3.28. The van der Waals surface area contributed by atoms with Gasteiger partial charge in [0.2, 0.25) is 5.91 Å². The van der Waals surface area contributed by atoms with Crippen molar-refractivity contribution in [2.45, 2.75) is 45.9 Å². The Balaban J connectivity index is 1.53. The molecule has 3 rings (SSSR count). The molecule has 0 radical (unpaired) electrons. The maximum atomic E-state index is 12.2. The largest absolute Gasteiger partial charge is 0.493 e. The van der Waals surface area contributed by atoms with E-state index in [1.165, 1.54) is 0 Å². The van der Waals surface area contributed by atoms with Gasteiger partial charge in [-0.15, -0.1) is 0 Å². The first-order chi connectivity index (χ1) is 13.0. The second-order valence-electron chi connectivity index (χ2n) is 6.79. The van der Waals surface area contributed by atoms with Crippen LogP contribution in [-0.2, 0) is 22.6 Å². The molecule has 1 amide bonds. The highest BCUT2D eigenvalue weighted by Gasteiger charge is 2.17. The normalized spacial score (nSPS) is 16.3. The molecule has 146 valence electrons. The minimum atomic E-state index is -0.0844. The number of methoxy groups -OCH3 is 1. The lowest BCUT2D eigenvalue weighted by atomic mass is 10.2. The first-order valence-electron chi connectivity index (χ1n) is 9.24. The van der Waals surface area contributed by atoms with Gasteiger partial charge in [0, 0.05) is 18.8 Å². The molecular weight excluding hydrogens is 346 g/mol. The number of benzene rings is 1. The monoisotopic (exact) mass is 373 g/mol. The maximum Gasteiger partial charge on any atom is 0.242 e. The Bertz CT molecular complexity index is 782. The molecule has 0 aliphatic carbocycles. The minimum Gasteiger partial charge on any atom is -0.493 e. The summed E-state index contributed by atoms with van der Waals surface area (Å²) in [4.78, 5) is 12.2. The van der Waals surface area contributed by atoms with E-state index in [9.17, 15) is 4.79 Å². The molecule has 1 aromatic carbocycles. The molecule has 7 nitrogen and oxygen atoms in total. The zero-order chi connectivity index (χ0) is 19.2. The van der Waals surface area contributed by atoms with Crippen molar-refractivity contribution in [2.24, 2.45) is 0 Å². The molecule has 2 aromatic rings. The SMILES string of the molecule is COc1cc(CNC(=O)Cn2nc(C)cc2C)ccc1OC[C@H]1CCCO1. The summed E-state index contributed by atoms with van der Waals surface area (Å²) in [6.45, 7) is 5.81. The number of amides is 1. The second-order valence-corrected chi connectivity index (χ2v) is 6.79. The van der Waals surface area contributed by atoms with Gasteiger partial charge in [0.15, 0.2) is 11.5 Å². The standard InChI is InChI=1S/C20H27N3O4/c1-14-9-15(2)23(22-14)12-20(24)21-11-16-6-7-18(19(10-16)25-3)27-13-17-5-4-8-26-17/h6-7,9-10,17H,4-5,8,11-13H2,1-3H3,(H,21,24)/t17-/m1/s1. The maximum absolute atomic E-state index is 12.2. The molecular formula is C20H27N3O4. The van der Waals surface area contributed by atoms with Crippen molar-refractivity contribution < 1.29 is 19.0 Å². The summed E-state index contributed by atoms with van der Waals surface area (Å²) in [6, 6.07) is 7.63. The van der Waals surface area contributed by atoms with E-state index in [1.807, 2.05) is 38.1 Å². The topological polar surface area (TPSA) is 74.6 Å². The van der Waals surface area contributed by atoms with E-state index in [-0.39, 0.29) is 18.6 Å². The number of hydrogen-bond donors (Lipinski definition) is 1. The van der Waals surface area contributed by atoms with Crippen LogP contribution in [0, 0.1) is 13.8 Å². The summed E-state index contributed by atoms with van der Waals surface area (Å²) in [5, 5.41) is 7.22. The molecule has 1 saturated heterocycles. The van der Waals surface area contributed by atoms with Gasteiger partial charge in [-0.3, -0.25) is 9.48 Å². The lowest BCUT2D eigenvalue weighted by Gasteiger charge is -2.15. The van der Waals surface area contributed by atoms with E-state index >= 15 is 0 Å². The predicted octanol–water partition coefficient (Wildman–Crippen LogP) is 2.38. The van der Waals surface area contributed by atoms with Gasteiger partial charge in [-0.2, -0.15) is 5.10 Å². The number of nitrogens with one attached hydrogen (secondary N) is 1. The number of aryl methyl sites for hydroxylation is 2. The number of hydrogen-bond acceptors (Lipinski definition) is 5. The van der Waals surface area contributed by atoms with Crippen LogP contribution in [0.4, 0.5) is 0 Å². The number of ether oxygens (including phenoxy) is 3. The number of carbonyl (C=O) groups is 1. The Morgan fingerprint density at radius 2 is 2.19 bits per heavy atom. The van der Waals surface area contributed by atoms with E-state index in [1.54, 1.807) is 11.8 Å². The van der Waals surface area contributed by atoms with Crippen LogP contribution in [0.2, 0.25) is 0 Å². The van der Waals surface area contributed by atoms with E-state index in [2.05, 4.69) is 10.4 Å². The Morgan fingerprint density at radius 1 is 1.33 bits per heavy atom. The van der Waals surface area contributed by atoms with Gasteiger partial charge in [-0.05, 0) is 50.5 Å². The van der Waals surface area contributed by atoms with E-state index in [0.717, 1.165) is 36.4 Å². The zero-order valence-electron chi connectivity index (χ0n) is 16.2. The fourth-order valence-electron chi connectivity index (χ4n) is 3.13. The number of rotatable bonds is 8. The molecule has 1 N–H and O–H groups in total. The van der Waals surface area contributed by atoms with E-state index in [0.29, 0.717) is 24.7 Å². The number of carbonyl (C=O) groups excluding carboxylic acids is 1. The molecule has 0 saturated carbocycles. The minimum absolute atomic E-state index is 0.0844. The third-order valence-electron chi connectivity index (χ3n) is 4.56. The second kappa shape index (κ2) is 8.90. The smallest absolute Gasteiger partial charge is 0.242 e. The van der Waals surface area contributed by atoms with Crippen molar-refractivity contribution in [2.75, 3.05) is 20.3 Å². The molecule has 1 atom stereocenters. The van der Waals surface area contributed by atoms with Crippen LogP contribution in [0.1, 0.15) is 29.8 Å². The predicted molar refractivity (Wildman–Crippen MR) is 101 cm³/mol. The number of aromatic nitrogens is 2.